The second-order valence-corrected chi connectivity index (χ2v) is 4.26. The molecule has 3 nitrogen and oxygen atoms in total. The molecular formula is C15H13NO2. The number of fused-ring (bicyclic) bond motifs is 1. The van der Waals surface area contributed by atoms with Gasteiger partial charge in [-0.05, 0) is 17.7 Å². The SMILES string of the molecule is O/N=C1\C[C@H](c2ccccc2)Oc2ccccc21. The fraction of sp³-hybridized carbons (Fsp3) is 0.133. The van der Waals surface area contributed by atoms with Gasteiger partial charge in [0.15, 0.2) is 0 Å². The number of benzene rings is 2. The summed E-state index contributed by atoms with van der Waals surface area (Å²) >= 11 is 0. The summed E-state index contributed by atoms with van der Waals surface area (Å²) in [7, 11) is 0. The molecule has 0 saturated carbocycles. The van der Waals surface area contributed by atoms with Crippen LogP contribution in [-0.2, 0) is 0 Å². The van der Waals surface area contributed by atoms with Crippen molar-refractivity contribution in [3.05, 3.63) is 65.7 Å². The highest BCUT2D eigenvalue weighted by atomic mass is 16.5. The lowest BCUT2D eigenvalue weighted by molar-refractivity contribution is 0.203. The van der Waals surface area contributed by atoms with E-state index < -0.39 is 0 Å². The van der Waals surface area contributed by atoms with E-state index in [1.807, 2.05) is 54.6 Å². The van der Waals surface area contributed by atoms with Crippen molar-refractivity contribution in [1.82, 2.24) is 0 Å². The van der Waals surface area contributed by atoms with Crippen LogP contribution in [0.25, 0.3) is 0 Å². The summed E-state index contributed by atoms with van der Waals surface area (Å²) in [5.74, 6) is 0.769. The molecule has 90 valence electrons. The summed E-state index contributed by atoms with van der Waals surface area (Å²) in [6, 6.07) is 17.6. The number of nitrogens with zero attached hydrogens (tertiary/aromatic N) is 1. The van der Waals surface area contributed by atoms with Gasteiger partial charge in [-0.15, -0.1) is 0 Å². The van der Waals surface area contributed by atoms with Crippen LogP contribution in [0.4, 0.5) is 0 Å². The summed E-state index contributed by atoms with van der Waals surface area (Å²) in [4.78, 5) is 0. The summed E-state index contributed by atoms with van der Waals surface area (Å²) in [6.45, 7) is 0. The van der Waals surface area contributed by atoms with Crippen LogP contribution in [0, 0.1) is 0 Å². The first-order valence-corrected chi connectivity index (χ1v) is 5.90. The first-order valence-electron chi connectivity index (χ1n) is 5.90. The minimum absolute atomic E-state index is 0.0907. The molecule has 1 aliphatic heterocycles. The lowest BCUT2D eigenvalue weighted by Gasteiger charge is -2.26. The van der Waals surface area contributed by atoms with Crippen molar-refractivity contribution in [3.8, 4) is 5.75 Å². The number of rotatable bonds is 1. The molecule has 0 bridgehead atoms. The molecule has 0 radical (unpaired) electrons. The molecule has 0 aromatic heterocycles. The number of para-hydroxylation sites is 1. The Morgan fingerprint density at radius 2 is 1.72 bits per heavy atom. The third-order valence-electron chi connectivity index (χ3n) is 3.14. The number of ether oxygens (including phenoxy) is 1. The third kappa shape index (κ3) is 1.84. The predicted octanol–water partition coefficient (Wildman–Crippen LogP) is 3.39. The monoisotopic (exact) mass is 239 g/mol. The normalized spacial score (nSPS) is 20.2. The fourth-order valence-electron chi connectivity index (χ4n) is 2.24. The Morgan fingerprint density at radius 3 is 2.50 bits per heavy atom. The molecule has 0 unspecified atom stereocenters. The maximum absolute atomic E-state index is 9.13. The van der Waals surface area contributed by atoms with Crippen molar-refractivity contribution in [3.63, 3.8) is 0 Å². The molecular weight excluding hydrogens is 226 g/mol. The van der Waals surface area contributed by atoms with E-state index in [0.717, 1.165) is 16.9 Å². The minimum atomic E-state index is -0.0907. The molecule has 0 saturated heterocycles. The highest BCUT2D eigenvalue weighted by Gasteiger charge is 2.26. The minimum Gasteiger partial charge on any atom is -0.485 e. The van der Waals surface area contributed by atoms with E-state index in [1.165, 1.54) is 0 Å². The van der Waals surface area contributed by atoms with Crippen LogP contribution in [0.5, 0.6) is 5.75 Å². The van der Waals surface area contributed by atoms with E-state index in [1.54, 1.807) is 0 Å². The summed E-state index contributed by atoms with van der Waals surface area (Å²) < 4.78 is 5.96. The second-order valence-electron chi connectivity index (χ2n) is 4.26. The number of oxime groups is 1. The molecule has 0 aliphatic carbocycles. The Hall–Kier alpha value is -2.29. The topological polar surface area (TPSA) is 41.8 Å². The van der Waals surface area contributed by atoms with Crippen molar-refractivity contribution >= 4 is 5.71 Å². The van der Waals surface area contributed by atoms with Crippen LogP contribution in [0.1, 0.15) is 23.7 Å². The molecule has 0 amide bonds. The van der Waals surface area contributed by atoms with Gasteiger partial charge in [0.25, 0.3) is 0 Å². The second kappa shape index (κ2) is 4.53. The van der Waals surface area contributed by atoms with Crippen molar-refractivity contribution < 1.29 is 9.94 Å². The van der Waals surface area contributed by atoms with Crippen LogP contribution in [0.2, 0.25) is 0 Å². The van der Waals surface area contributed by atoms with Crippen molar-refractivity contribution in [1.29, 1.82) is 0 Å². The fourth-order valence-corrected chi connectivity index (χ4v) is 2.24. The zero-order chi connectivity index (χ0) is 12.4. The van der Waals surface area contributed by atoms with Gasteiger partial charge in [-0.25, -0.2) is 0 Å². The molecule has 18 heavy (non-hydrogen) atoms. The van der Waals surface area contributed by atoms with Gasteiger partial charge in [0.05, 0.1) is 5.71 Å². The van der Waals surface area contributed by atoms with Gasteiger partial charge in [0.1, 0.15) is 11.9 Å². The van der Waals surface area contributed by atoms with E-state index in [0.29, 0.717) is 12.1 Å². The van der Waals surface area contributed by atoms with Crippen LogP contribution >= 0.6 is 0 Å². The Kier molecular flexibility index (Phi) is 2.73. The quantitative estimate of drug-likeness (QED) is 0.612. The molecule has 3 heteroatoms. The maximum atomic E-state index is 9.13. The molecule has 2 aromatic rings. The molecule has 1 heterocycles. The molecule has 0 spiro atoms. The van der Waals surface area contributed by atoms with E-state index in [-0.39, 0.29) is 6.10 Å². The standard InChI is InChI=1S/C15H13NO2/c17-16-13-10-15(11-6-2-1-3-7-11)18-14-9-5-4-8-12(13)14/h1-9,15,17H,10H2/b16-13+/t15-/m1/s1. The Labute approximate surface area is 105 Å². The van der Waals surface area contributed by atoms with Gasteiger partial charge in [0.2, 0.25) is 0 Å². The van der Waals surface area contributed by atoms with Gasteiger partial charge in [-0.1, -0.05) is 47.6 Å². The highest BCUT2D eigenvalue weighted by Crippen LogP contribution is 2.34. The predicted molar refractivity (Wildman–Crippen MR) is 69.2 cm³/mol. The molecule has 1 atom stereocenters. The van der Waals surface area contributed by atoms with Crippen molar-refractivity contribution in [2.24, 2.45) is 5.16 Å². The lowest BCUT2D eigenvalue weighted by Crippen LogP contribution is -2.20. The van der Waals surface area contributed by atoms with Crippen LogP contribution in [0.3, 0.4) is 0 Å². The van der Waals surface area contributed by atoms with Crippen LogP contribution < -0.4 is 4.74 Å². The Morgan fingerprint density at radius 1 is 1.00 bits per heavy atom. The van der Waals surface area contributed by atoms with Gasteiger partial charge < -0.3 is 9.94 Å². The van der Waals surface area contributed by atoms with Crippen LogP contribution in [-0.4, -0.2) is 10.9 Å². The molecule has 0 fully saturated rings. The number of hydrogen-bond acceptors (Lipinski definition) is 3. The maximum Gasteiger partial charge on any atom is 0.129 e. The Bertz CT molecular complexity index is 578. The van der Waals surface area contributed by atoms with E-state index >= 15 is 0 Å². The largest absolute Gasteiger partial charge is 0.485 e. The third-order valence-corrected chi connectivity index (χ3v) is 3.14. The van der Waals surface area contributed by atoms with Crippen molar-refractivity contribution in [2.45, 2.75) is 12.5 Å². The molecule has 1 N–H and O–H groups in total. The van der Waals surface area contributed by atoms with E-state index in [4.69, 9.17) is 9.94 Å². The van der Waals surface area contributed by atoms with Crippen LogP contribution in [0.15, 0.2) is 59.8 Å². The molecule has 3 rings (SSSR count). The summed E-state index contributed by atoms with van der Waals surface area (Å²) in [5, 5.41) is 12.5. The summed E-state index contributed by atoms with van der Waals surface area (Å²) in [6.07, 6.45) is 0.490. The number of hydrogen-bond donors (Lipinski definition) is 1. The zero-order valence-electron chi connectivity index (χ0n) is 9.78. The highest BCUT2D eigenvalue weighted by molar-refractivity contribution is 6.03. The lowest BCUT2D eigenvalue weighted by atomic mass is 9.96. The van der Waals surface area contributed by atoms with Crippen molar-refractivity contribution in [2.75, 3.05) is 0 Å². The summed E-state index contributed by atoms with van der Waals surface area (Å²) in [5.41, 5.74) is 2.63. The van der Waals surface area contributed by atoms with Gasteiger partial charge >= 0.3 is 0 Å². The molecule has 1 aliphatic rings. The molecule has 2 aromatic carbocycles. The van der Waals surface area contributed by atoms with Gasteiger partial charge in [-0.2, -0.15) is 0 Å². The van der Waals surface area contributed by atoms with E-state index in [2.05, 4.69) is 5.16 Å². The Balaban J connectivity index is 2.00. The average Bonchev–Trinajstić information content (AvgIpc) is 2.47. The smallest absolute Gasteiger partial charge is 0.129 e. The van der Waals surface area contributed by atoms with Gasteiger partial charge in [-0.3, -0.25) is 0 Å². The first kappa shape index (κ1) is 10.8. The average molecular weight is 239 g/mol. The zero-order valence-corrected chi connectivity index (χ0v) is 9.78. The van der Waals surface area contributed by atoms with Gasteiger partial charge in [0, 0.05) is 12.0 Å². The van der Waals surface area contributed by atoms with E-state index in [9.17, 15) is 0 Å². The first-order chi connectivity index (χ1) is 8.88.